The highest BCUT2D eigenvalue weighted by atomic mass is 19.1. The maximum absolute atomic E-state index is 15.0. The normalized spacial score (nSPS) is 13.4. The minimum absolute atomic E-state index is 0.0283. The lowest BCUT2D eigenvalue weighted by molar-refractivity contribution is 0.478. The molecule has 0 bridgehead atoms. The Bertz CT molecular complexity index is 1550. The molecule has 0 unspecified atom stereocenters. The van der Waals surface area contributed by atoms with Gasteiger partial charge in [-0.3, -0.25) is 4.40 Å². The van der Waals surface area contributed by atoms with Gasteiger partial charge in [-0.2, -0.15) is 0 Å². The first kappa shape index (κ1) is 19.6. The van der Waals surface area contributed by atoms with Crippen LogP contribution in [0.4, 0.5) is 20.4 Å². The maximum Gasteiger partial charge on any atom is 0.227 e. The van der Waals surface area contributed by atoms with Gasteiger partial charge in [0.2, 0.25) is 5.95 Å². The monoisotopic (exact) mass is 444 g/mol. The third kappa shape index (κ3) is 3.33. The molecule has 6 rings (SSSR count). The van der Waals surface area contributed by atoms with Crippen LogP contribution in [0.5, 0.6) is 5.75 Å². The van der Waals surface area contributed by atoms with E-state index >= 15 is 0 Å². The van der Waals surface area contributed by atoms with Crippen LogP contribution in [0.2, 0.25) is 0 Å². The van der Waals surface area contributed by atoms with Crippen LogP contribution in [0.1, 0.15) is 11.1 Å². The Morgan fingerprint density at radius 2 is 1.94 bits per heavy atom. The zero-order valence-corrected chi connectivity index (χ0v) is 17.3. The summed E-state index contributed by atoms with van der Waals surface area (Å²) in [6.07, 6.45) is 5.17. The Labute approximate surface area is 186 Å². The van der Waals surface area contributed by atoms with E-state index in [2.05, 4.69) is 25.6 Å². The van der Waals surface area contributed by atoms with Gasteiger partial charge in [0, 0.05) is 36.3 Å². The zero-order valence-electron chi connectivity index (χ0n) is 17.3. The van der Waals surface area contributed by atoms with Crippen molar-refractivity contribution in [2.24, 2.45) is 0 Å². The number of imidazole rings is 1. The Balaban J connectivity index is 1.43. The van der Waals surface area contributed by atoms with Crippen molar-refractivity contribution in [2.45, 2.75) is 13.0 Å². The Hall–Kier alpha value is -4.11. The van der Waals surface area contributed by atoms with Crippen LogP contribution < -0.4 is 10.6 Å². The summed E-state index contributed by atoms with van der Waals surface area (Å²) in [7, 11) is 0. The molecule has 3 aromatic heterocycles. The van der Waals surface area contributed by atoms with E-state index < -0.39 is 11.6 Å². The first-order chi connectivity index (χ1) is 16.1. The molecule has 0 spiro atoms. The molecule has 0 aliphatic carbocycles. The van der Waals surface area contributed by atoms with E-state index in [0.717, 1.165) is 37.5 Å². The average Bonchev–Trinajstić information content (AvgIpc) is 3.28. The number of rotatable bonds is 3. The SMILES string of the molecule is Oc1cc2nccn2c2cc(-c3nc(Nc4ccc5c(c4)CCNC5)ncc3F)cc(F)c12. The summed E-state index contributed by atoms with van der Waals surface area (Å²) in [4.78, 5) is 12.5. The molecular formula is C24H18F2N6O. The van der Waals surface area contributed by atoms with E-state index in [1.165, 1.54) is 17.2 Å². The molecule has 0 saturated heterocycles. The van der Waals surface area contributed by atoms with E-state index in [9.17, 15) is 13.9 Å². The Morgan fingerprint density at radius 1 is 1.03 bits per heavy atom. The van der Waals surface area contributed by atoms with Crippen LogP contribution >= 0.6 is 0 Å². The highest BCUT2D eigenvalue weighted by molar-refractivity contribution is 5.91. The van der Waals surface area contributed by atoms with Gasteiger partial charge in [0.15, 0.2) is 5.82 Å². The lowest BCUT2D eigenvalue weighted by Gasteiger charge is -2.18. The van der Waals surface area contributed by atoms with Crippen molar-refractivity contribution in [3.63, 3.8) is 0 Å². The molecule has 164 valence electrons. The van der Waals surface area contributed by atoms with Gasteiger partial charge < -0.3 is 15.7 Å². The van der Waals surface area contributed by atoms with Crippen molar-refractivity contribution in [1.82, 2.24) is 24.7 Å². The van der Waals surface area contributed by atoms with Crippen molar-refractivity contribution in [3.05, 3.63) is 77.8 Å². The van der Waals surface area contributed by atoms with E-state index in [4.69, 9.17) is 0 Å². The number of hydrogen-bond donors (Lipinski definition) is 3. The second kappa shape index (κ2) is 7.49. The molecule has 1 aliphatic heterocycles. The third-order valence-electron chi connectivity index (χ3n) is 5.89. The summed E-state index contributed by atoms with van der Waals surface area (Å²) in [6.45, 7) is 1.75. The summed E-state index contributed by atoms with van der Waals surface area (Å²) in [5.74, 6) is -1.41. The first-order valence-corrected chi connectivity index (χ1v) is 10.5. The molecule has 0 amide bonds. The molecule has 0 radical (unpaired) electrons. The molecule has 4 heterocycles. The predicted molar refractivity (Wildman–Crippen MR) is 120 cm³/mol. The Morgan fingerprint density at radius 3 is 2.85 bits per heavy atom. The molecule has 1 aliphatic rings. The second-order valence-electron chi connectivity index (χ2n) is 7.96. The summed E-state index contributed by atoms with van der Waals surface area (Å²) >= 11 is 0. The number of nitrogens with zero attached hydrogens (tertiary/aromatic N) is 4. The number of pyridine rings is 1. The number of aromatic hydroxyl groups is 1. The number of halogens is 2. The third-order valence-corrected chi connectivity index (χ3v) is 5.89. The van der Waals surface area contributed by atoms with E-state index in [1.807, 2.05) is 18.2 Å². The number of anilines is 2. The number of benzene rings is 2. The van der Waals surface area contributed by atoms with Crippen LogP contribution in [0.3, 0.4) is 0 Å². The van der Waals surface area contributed by atoms with Crippen LogP contribution in [-0.4, -0.2) is 31.0 Å². The van der Waals surface area contributed by atoms with Gasteiger partial charge in [0.05, 0.1) is 17.1 Å². The quantitative estimate of drug-likeness (QED) is 0.384. The zero-order chi connectivity index (χ0) is 22.5. The fourth-order valence-electron chi connectivity index (χ4n) is 4.31. The van der Waals surface area contributed by atoms with Crippen molar-refractivity contribution in [2.75, 3.05) is 11.9 Å². The van der Waals surface area contributed by atoms with Crippen molar-refractivity contribution in [3.8, 4) is 17.0 Å². The summed E-state index contributed by atoms with van der Waals surface area (Å²) in [5, 5.41) is 16.8. The first-order valence-electron chi connectivity index (χ1n) is 10.5. The number of aromatic nitrogens is 4. The molecule has 2 aromatic carbocycles. The molecule has 5 aromatic rings. The predicted octanol–water partition coefficient (Wildman–Crippen LogP) is 4.32. The Kier molecular flexibility index (Phi) is 4.44. The molecular weight excluding hydrogens is 426 g/mol. The molecule has 0 atom stereocenters. The fourth-order valence-corrected chi connectivity index (χ4v) is 4.31. The van der Waals surface area contributed by atoms with E-state index in [0.29, 0.717) is 11.2 Å². The standard InChI is InChI=1S/C24H18F2N6O/c25-17-8-15(9-19-22(17)20(33)10-21-28-5-6-32(19)21)23-18(26)12-29-24(31-23)30-16-2-1-14-11-27-4-3-13(14)7-16/h1-2,5-10,12,27,33H,3-4,11H2,(H,29,30,31). The molecule has 0 fully saturated rings. The lowest BCUT2D eigenvalue weighted by Crippen LogP contribution is -2.23. The van der Waals surface area contributed by atoms with Crippen molar-refractivity contribution in [1.29, 1.82) is 0 Å². The minimum atomic E-state index is -0.689. The molecule has 3 N–H and O–H groups in total. The van der Waals surface area contributed by atoms with E-state index in [1.54, 1.807) is 22.9 Å². The van der Waals surface area contributed by atoms with E-state index in [-0.39, 0.29) is 28.3 Å². The number of nitrogens with one attached hydrogen (secondary N) is 2. The smallest absolute Gasteiger partial charge is 0.227 e. The second-order valence-corrected chi connectivity index (χ2v) is 7.96. The molecule has 9 heteroatoms. The molecule has 33 heavy (non-hydrogen) atoms. The summed E-state index contributed by atoms with van der Waals surface area (Å²) in [5.41, 5.74) is 4.25. The maximum atomic E-state index is 15.0. The van der Waals surface area contributed by atoms with Gasteiger partial charge in [-0.25, -0.2) is 23.7 Å². The number of fused-ring (bicyclic) bond motifs is 4. The van der Waals surface area contributed by atoms with Gasteiger partial charge in [-0.05, 0) is 48.4 Å². The van der Waals surface area contributed by atoms with Gasteiger partial charge in [-0.1, -0.05) is 6.07 Å². The fraction of sp³-hybridized carbons (Fsp3) is 0.125. The van der Waals surface area contributed by atoms with Crippen molar-refractivity contribution < 1.29 is 13.9 Å². The van der Waals surface area contributed by atoms with Crippen LogP contribution in [0.25, 0.3) is 27.8 Å². The van der Waals surface area contributed by atoms with Gasteiger partial charge in [0.25, 0.3) is 0 Å². The molecule has 0 saturated carbocycles. The molecule has 7 nitrogen and oxygen atoms in total. The lowest BCUT2D eigenvalue weighted by atomic mass is 10.0. The minimum Gasteiger partial charge on any atom is -0.507 e. The van der Waals surface area contributed by atoms with Crippen molar-refractivity contribution >= 4 is 28.2 Å². The highest BCUT2D eigenvalue weighted by Gasteiger charge is 2.17. The number of hydrogen-bond acceptors (Lipinski definition) is 6. The largest absolute Gasteiger partial charge is 0.507 e. The van der Waals surface area contributed by atoms with Crippen LogP contribution in [0, 0.1) is 11.6 Å². The van der Waals surface area contributed by atoms with Crippen LogP contribution in [0.15, 0.2) is 55.0 Å². The summed E-state index contributed by atoms with van der Waals surface area (Å²) in [6, 6.07) is 10.1. The highest BCUT2D eigenvalue weighted by Crippen LogP contribution is 2.34. The van der Waals surface area contributed by atoms with Crippen LogP contribution in [-0.2, 0) is 13.0 Å². The van der Waals surface area contributed by atoms with Gasteiger partial charge in [-0.15, -0.1) is 0 Å². The topological polar surface area (TPSA) is 87.4 Å². The van der Waals surface area contributed by atoms with Gasteiger partial charge >= 0.3 is 0 Å². The average molecular weight is 444 g/mol. The summed E-state index contributed by atoms with van der Waals surface area (Å²) < 4.78 is 31.3. The van der Waals surface area contributed by atoms with Gasteiger partial charge in [0.1, 0.15) is 22.9 Å².